The van der Waals surface area contributed by atoms with Gasteiger partial charge < -0.3 is 9.47 Å². The average Bonchev–Trinajstić information content (AvgIpc) is 2.88. The van der Waals surface area contributed by atoms with E-state index in [0.717, 1.165) is 36.5 Å². The van der Waals surface area contributed by atoms with Gasteiger partial charge in [0.15, 0.2) is 0 Å². The first-order valence-electron chi connectivity index (χ1n) is 12.8. The Bertz CT molecular complexity index is 1130. The number of para-hydroxylation sites is 1. The van der Waals surface area contributed by atoms with Crippen LogP contribution in [-0.4, -0.2) is 6.36 Å². The lowest BCUT2D eigenvalue weighted by Gasteiger charge is -2.29. The summed E-state index contributed by atoms with van der Waals surface area (Å²) in [4.78, 5) is 0. The molecule has 4 rings (SSSR count). The van der Waals surface area contributed by atoms with Crippen LogP contribution < -0.4 is 9.47 Å². The molecule has 198 valence electrons. The number of ether oxygens (including phenoxy) is 2. The molecule has 7 heteroatoms. The monoisotopic (exact) mass is 518 g/mol. The molecule has 0 heterocycles. The van der Waals surface area contributed by atoms with Crippen LogP contribution in [0, 0.1) is 5.92 Å². The number of rotatable bonds is 9. The highest BCUT2D eigenvalue weighted by atomic mass is 19.4. The second kappa shape index (κ2) is 11.5. The Morgan fingerprint density at radius 1 is 0.757 bits per heavy atom. The van der Waals surface area contributed by atoms with Crippen molar-refractivity contribution in [3.05, 3.63) is 83.9 Å². The van der Waals surface area contributed by atoms with E-state index in [4.69, 9.17) is 4.74 Å². The van der Waals surface area contributed by atoms with Crippen molar-refractivity contribution in [2.24, 2.45) is 5.92 Å². The van der Waals surface area contributed by atoms with Gasteiger partial charge in [-0.05, 0) is 79.0 Å². The molecule has 1 aliphatic rings. The van der Waals surface area contributed by atoms with E-state index in [9.17, 15) is 13.2 Å². The molecule has 1 aliphatic carbocycles. The molecule has 0 N–H and O–H groups in total. The van der Waals surface area contributed by atoms with Crippen LogP contribution in [0.1, 0.15) is 68.9 Å². The fourth-order valence-electron chi connectivity index (χ4n) is 5.05. The van der Waals surface area contributed by atoms with Crippen molar-refractivity contribution in [2.45, 2.75) is 70.3 Å². The second-order valence-electron chi connectivity index (χ2n) is 9.67. The molecule has 1 saturated carbocycles. The normalized spacial score (nSPS) is 18.4. The molecular weight excluding hydrogens is 487 g/mol. The first-order chi connectivity index (χ1) is 17.6. The first kappa shape index (κ1) is 27.0. The summed E-state index contributed by atoms with van der Waals surface area (Å²) in [6.07, 6.45) is -0.108. The van der Waals surface area contributed by atoms with Crippen LogP contribution in [0.5, 0.6) is 11.5 Å². The van der Waals surface area contributed by atoms with E-state index >= 15 is 8.78 Å². The molecule has 0 aliphatic heterocycles. The van der Waals surface area contributed by atoms with Crippen LogP contribution >= 0.6 is 0 Å². The van der Waals surface area contributed by atoms with Crippen LogP contribution in [0.3, 0.4) is 0 Å². The van der Waals surface area contributed by atoms with E-state index in [1.54, 1.807) is 30.3 Å². The molecule has 0 amide bonds. The largest absolute Gasteiger partial charge is 0.573 e. The maximum absolute atomic E-state index is 15.2. The van der Waals surface area contributed by atoms with E-state index in [-0.39, 0.29) is 11.3 Å². The summed E-state index contributed by atoms with van der Waals surface area (Å²) in [5.41, 5.74) is 1.58. The zero-order chi connectivity index (χ0) is 26.5. The smallest absolute Gasteiger partial charge is 0.428 e. The van der Waals surface area contributed by atoms with Gasteiger partial charge in [-0.15, -0.1) is 13.2 Å². The van der Waals surface area contributed by atoms with Crippen molar-refractivity contribution in [1.29, 1.82) is 0 Å². The van der Waals surface area contributed by atoms with Crippen molar-refractivity contribution < 1.29 is 31.4 Å². The number of hydrogen-bond donors (Lipinski definition) is 0. The molecule has 0 aromatic heterocycles. The third kappa shape index (κ3) is 7.24. The number of alkyl halides is 5. The molecule has 0 saturated heterocycles. The van der Waals surface area contributed by atoms with Gasteiger partial charge in [-0.2, -0.15) is 8.78 Å². The highest BCUT2D eigenvalue weighted by Gasteiger charge is 2.36. The number of benzene rings is 3. The lowest BCUT2D eigenvalue weighted by atomic mass is 9.77. The first-order valence-corrected chi connectivity index (χ1v) is 12.8. The molecule has 0 atom stereocenters. The van der Waals surface area contributed by atoms with Crippen molar-refractivity contribution in [2.75, 3.05) is 0 Å². The summed E-state index contributed by atoms with van der Waals surface area (Å²) in [6, 6.07) is 17.6. The molecule has 1 fully saturated rings. The summed E-state index contributed by atoms with van der Waals surface area (Å²) in [6.45, 7) is 2.21. The van der Waals surface area contributed by atoms with Crippen molar-refractivity contribution in [3.8, 4) is 22.6 Å². The summed E-state index contributed by atoms with van der Waals surface area (Å²) in [5, 5.41) is 0. The van der Waals surface area contributed by atoms with Gasteiger partial charge in [0, 0.05) is 5.56 Å². The van der Waals surface area contributed by atoms with E-state index in [0.29, 0.717) is 17.0 Å². The van der Waals surface area contributed by atoms with Gasteiger partial charge in [0.25, 0.3) is 0 Å². The Morgan fingerprint density at radius 3 is 2.03 bits per heavy atom. The highest BCUT2D eigenvalue weighted by molar-refractivity contribution is 5.71. The second-order valence-corrected chi connectivity index (χ2v) is 9.67. The molecular formula is C30H31F5O2. The van der Waals surface area contributed by atoms with Crippen molar-refractivity contribution in [1.82, 2.24) is 0 Å². The van der Waals surface area contributed by atoms with Crippen LogP contribution in [0.15, 0.2) is 72.8 Å². The predicted octanol–water partition coefficient (Wildman–Crippen LogP) is 9.84. The lowest BCUT2D eigenvalue weighted by Crippen LogP contribution is -2.22. The van der Waals surface area contributed by atoms with Gasteiger partial charge in [0.2, 0.25) is 0 Å². The van der Waals surface area contributed by atoms with Gasteiger partial charge in [-0.3, -0.25) is 0 Å². The lowest BCUT2D eigenvalue weighted by molar-refractivity contribution is -0.274. The summed E-state index contributed by atoms with van der Waals surface area (Å²) >= 11 is 0. The third-order valence-corrected chi connectivity index (χ3v) is 7.05. The molecule has 3 aromatic rings. The Labute approximate surface area is 214 Å². The summed E-state index contributed by atoms with van der Waals surface area (Å²) in [5.74, 6) is 0.703. The number of halogens is 5. The minimum absolute atomic E-state index is 0.0773. The maximum Gasteiger partial charge on any atom is 0.573 e. The van der Waals surface area contributed by atoms with Gasteiger partial charge >= 0.3 is 12.5 Å². The fraction of sp³-hybridized carbons (Fsp3) is 0.400. The van der Waals surface area contributed by atoms with Crippen molar-refractivity contribution in [3.63, 3.8) is 0 Å². The Hall–Kier alpha value is -3.09. The van der Waals surface area contributed by atoms with Crippen molar-refractivity contribution >= 4 is 0 Å². The van der Waals surface area contributed by atoms with Crippen LogP contribution in [0.2, 0.25) is 0 Å². The maximum atomic E-state index is 15.2. The molecule has 2 nitrogen and oxygen atoms in total. The molecule has 0 bridgehead atoms. The van der Waals surface area contributed by atoms with E-state index in [2.05, 4.69) is 11.7 Å². The standard InChI is InChI=1S/C30H31F5O2/c1-2-3-6-21-9-11-22(12-10-21)23-13-17-25(18-14-23)29(31,32)37-28-8-5-4-7-27(28)24-15-19-26(20-16-24)36-30(33,34)35/h4-5,7-8,13-22H,2-3,6,9-12H2,1H3. The van der Waals surface area contributed by atoms with Gasteiger partial charge in [0.1, 0.15) is 11.5 Å². The van der Waals surface area contributed by atoms with E-state index in [1.807, 2.05) is 0 Å². The molecule has 0 spiro atoms. The SMILES string of the molecule is CCCCC1CCC(c2ccc(C(F)(F)Oc3ccccc3-c3ccc(OC(F)(F)F)cc3)cc2)CC1. The summed E-state index contributed by atoms with van der Waals surface area (Å²) in [7, 11) is 0. The molecule has 37 heavy (non-hydrogen) atoms. The Morgan fingerprint density at radius 2 is 1.41 bits per heavy atom. The van der Waals surface area contributed by atoms with Gasteiger partial charge in [-0.1, -0.05) is 68.7 Å². The number of hydrogen-bond acceptors (Lipinski definition) is 2. The average molecular weight is 519 g/mol. The van der Waals surface area contributed by atoms with Crippen LogP contribution in [0.4, 0.5) is 22.0 Å². The van der Waals surface area contributed by atoms with Gasteiger partial charge in [-0.25, -0.2) is 0 Å². The molecule has 0 unspecified atom stereocenters. The van der Waals surface area contributed by atoms with Crippen LogP contribution in [-0.2, 0) is 6.11 Å². The number of unbranched alkanes of at least 4 members (excludes halogenated alkanes) is 1. The minimum Gasteiger partial charge on any atom is -0.428 e. The Kier molecular flexibility index (Phi) is 8.40. The predicted molar refractivity (Wildman–Crippen MR) is 134 cm³/mol. The zero-order valence-corrected chi connectivity index (χ0v) is 20.7. The van der Waals surface area contributed by atoms with E-state index < -0.39 is 18.2 Å². The highest BCUT2D eigenvalue weighted by Crippen LogP contribution is 2.40. The Balaban J connectivity index is 1.44. The topological polar surface area (TPSA) is 18.5 Å². The summed E-state index contributed by atoms with van der Waals surface area (Å²) < 4.78 is 76.7. The van der Waals surface area contributed by atoms with Crippen LogP contribution in [0.25, 0.3) is 11.1 Å². The third-order valence-electron chi connectivity index (χ3n) is 7.05. The fourth-order valence-corrected chi connectivity index (χ4v) is 5.05. The van der Waals surface area contributed by atoms with E-state index in [1.165, 1.54) is 62.4 Å². The quantitative estimate of drug-likeness (QED) is 0.263. The minimum atomic E-state index is -4.81. The molecule has 3 aromatic carbocycles. The molecule has 0 radical (unpaired) electrons. The zero-order valence-electron chi connectivity index (χ0n) is 20.7. The van der Waals surface area contributed by atoms with Gasteiger partial charge in [0.05, 0.1) is 5.56 Å².